The average Bonchev–Trinajstić information content (AvgIpc) is 2.04. The lowest BCUT2D eigenvalue weighted by atomic mass is 9.96. The first-order chi connectivity index (χ1) is 6.14. The number of piperidine rings is 1. The Kier molecular flexibility index (Phi) is 4.20. The maximum absolute atomic E-state index is 6.22. The van der Waals surface area contributed by atoms with Gasteiger partial charge >= 0.3 is 0 Å². The second kappa shape index (κ2) is 4.97. The molecule has 1 heterocycles. The highest BCUT2D eigenvalue weighted by molar-refractivity contribution is 4.83. The van der Waals surface area contributed by atoms with Crippen molar-refractivity contribution in [2.24, 2.45) is 5.73 Å². The molecule has 2 heteroatoms. The van der Waals surface area contributed by atoms with Gasteiger partial charge in [-0.3, -0.25) is 0 Å². The van der Waals surface area contributed by atoms with E-state index in [9.17, 15) is 0 Å². The molecule has 0 amide bonds. The summed E-state index contributed by atoms with van der Waals surface area (Å²) in [4.78, 5) is 2.53. The minimum absolute atomic E-state index is 0.0338. The standard InChI is InChI=1S/C11H24N2/c1-3-7-11(2,12)10-13-8-5-4-6-9-13/h3-10,12H2,1-2H3. The first-order valence-electron chi connectivity index (χ1n) is 5.65. The van der Waals surface area contributed by atoms with Gasteiger partial charge in [-0.25, -0.2) is 0 Å². The molecule has 78 valence electrons. The van der Waals surface area contributed by atoms with Crippen molar-refractivity contribution in [2.75, 3.05) is 19.6 Å². The molecule has 1 unspecified atom stereocenters. The van der Waals surface area contributed by atoms with Crippen LogP contribution in [0.3, 0.4) is 0 Å². The van der Waals surface area contributed by atoms with Gasteiger partial charge in [0, 0.05) is 12.1 Å². The van der Waals surface area contributed by atoms with Gasteiger partial charge in [0.1, 0.15) is 0 Å². The minimum Gasteiger partial charge on any atom is -0.324 e. The van der Waals surface area contributed by atoms with E-state index in [0.29, 0.717) is 0 Å². The van der Waals surface area contributed by atoms with Crippen LogP contribution in [0.15, 0.2) is 0 Å². The van der Waals surface area contributed by atoms with E-state index in [4.69, 9.17) is 5.73 Å². The van der Waals surface area contributed by atoms with Crippen molar-refractivity contribution < 1.29 is 0 Å². The number of nitrogens with two attached hydrogens (primary N) is 1. The molecule has 0 aliphatic carbocycles. The van der Waals surface area contributed by atoms with E-state index >= 15 is 0 Å². The summed E-state index contributed by atoms with van der Waals surface area (Å²) in [5, 5.41) is 0. The molecule has 1 rings (SSSR count). The molecule has 0 spiro atoms. The lowest BCUT2D eigenvalue weighted by Gasteiger charge is -2.34. The number of nitrogens with zero attached hydrogens (tertiary/aromatic N) is 1. The predicted octanol–water partition coefficient (Wildman–Crippen LogP) is 1.99. The van der Waals surface area contributed by atoms with Crippen LogP contribution in [0.2, 0.25) is 0 Å². The number of hydrogen-bond acceptors (Lipinski definition) is 2. The van der Waals surface area contributed by atoms with Gasteiger partial charge in [0.2, 0.25) is 0 Å². The van der Waals surface area contributed by atoms with Crippen LogP contribution in [0, 0.1) is 0 Å². The Bertz CT molecular complexity index is 137. The molecular formula is C11H24N2. The maximum atomic E-state index is 6.22. The molecule has 0 aromatic carbocycles. The first-order valence-corrected chi connectivity index (χ1v) is 5.65. The van der Waals surface area contributed by atoms with E-state index in [1.807, 2.05) is 0 Å². The smallest absolute Gasteiger partial charge is 0.0254 e. The van der Waals surface area contributed by atoms with Gasteiger partial charge in [-0.2, -0.15) is 0 Å². The van der Waals surface area contributed by atoms with Crippen molar-refractivity contribution in [1.29, 1.82) is 0 Å². The second-order valence-electron chi connectivity index (χ2n) is 4.74. The fourth-order valence-corrected chi connectivity index (χ4v) is 2.28. The molecule has 13 heavy (non-hydrogen) atoms. The van der Waals surface area contributed by atoms with Crippen molar-refractivity contribution in [3.63, 3.8) is 0 Å². The van der Waals surface area contributed by atoms with Crippen LogP contribution in [0.25, 0.3) is 0 Å². The zero-order valence-corrected chi connectivity index (χ0v) is 9.18. The third-order valence-electron chi connectivity index (χ3n) is 2.85. The Labute approximate surface area is 82.5 Å². The Morgan fingerprint density at radius 3 is 2.38 bits per heavy atom. The van der Waals surface area contributed by atoms with E-state index < -0.39 is 0 Å². The fraction of sp³-hybridized carbons (Fsp3) is 1.00. The highest BCUT2D eigenvalue weighted by Crippen LogP contribution is 2.15. The quantitative estimate of drug-likeness (QED) is 0.724. The van der Waals surface area contributed by atoms with E-state index in [2.05, 4.69) is 18.7 Å². The number of rotatable bonds is 4. The summed E-state index contributed by atoms with van der Waals surface area (Å²) < 4.78 is 0. The van der Waals surface area contributed by atoms with Crippen molar-refractivity contribution >= 4 is 0 Å². The summed E-state index contributed by atoms with van der Waals surface area (Å²) in [5.74, 6) is 0. The highest BCUT2D eigenvalue weighted by Gasteiger charge is 2.22. The Morgan fingerprint density at radius 1 is 1.23 bits per heavy atom. The Balaban J connectivity index is 2.28. The largest absolute Gasteiger partial charge is 0.324 e. The predicted molar refractivity (Wildman–Crippen MR) is 57.8 cm³/mol. The fourth-order valence-electron chi connectivity index (χ4n) is 2.28. The molecule has 2 N–H and O–H groups in total. The second-order valence-corrected chi connectivity index (χ2v) is 4.74. The van der Waals surface area contributed by atoms with Crippen molar-refractivity contribution in [2.45, 2.75) is 51.5 Å². The van der Waals surface area contributed by atoms with Gasteiger partial charge in [0.05, 0.1) is 0 Å². The van der Waals surface area contributed by atoms with Gasteiger partial charge in [-0.05, 0) is 39.3 Å². The highest BCUT2D eigenvalue weighted by atomic mass is 15.1. The van der Waals surface area contributed by atoms with Crippen molar-refractivity contribution in [1.82, 2.24) is 4.90 Å². The summed E-state index contributed by atoms with van der Waals surface area (Å²) >= 11 is 0. The van der Waals surface area contributed by atoms with Gasteiger partial charge in [0.25, 0.3) is 0 Å². The third kappa shape index (κ3) is 4.10. The van der Waals surface area contributed by atoms with Crippen molar-refractivity contribution in [3.05, 3.63) is 0 Å². The maximum Gasteiger partial charge on any atom is 0.0254 e. The molecule has 2 nitrogen and oxygen atoms in total. The third-order valence-corrected chi connectivity index (χ3v) is 2.85. The molecular weight excluding hydrogens is 160 g/mol. The van der Waals surface area contributed by atoms with E-state index in [-0.39, 0.29) is 5.54 Å². The van der Waals surface area contributed by atoms with Crippen LogP contribution in [0.1, 0.15) is 46.0 Å². The van der Waals surface area contributed by atoms with Crippen LogP contribution in [-0.4, -0.2) is 30.1 Å². The van der Waals surface area contributed by atoms with Crippen LogP contribution in [-0.2, 0) is 0 Å². The first kappa shape index (κ1) is 11.0. The normalized spacial score (nSPS) is 24.2. The molecule has 1 atom stereocenters. The Morgan fingerprint density at radius 2 is 1.85 bits per heavy atom. The molecule has 0 bridgehead atoms. The summed E-state index contributed by atoms with van der Waals surface area (Å²) in [5.41, 5.74) is 6.25. The number of likely N-dealkylation sites (tertiary alicyclic amines) is 1. The van der Waals surface area contributed by atoms with Crippen LogP contribution in [0.4, 0.5) is 0 Å². The molecule has 1 saturated heterocycles. The summed E-state index contributed by atoms with van der Waals surface area (Å²) in [6.45, 7) is 8.00. The monoisotopic (exact) mass is 184 g/mol. The zero-order valence-electron chi connectivity index (χ0n) is 9.18. The van der Waals surface area contributed by atoms with Gasteiger partial charge < -0.3 is 10.6 Å². The topological polar surface area (TPSA) is 29.3 Å². The zero-order chi connectivity index (χ0) is 9.73. The molecule has 0 aromatic rings. The van der Waals surface area contributed by atoms with Crippen molar-refractivity contribution in [3.8, 4) is 0 Å². The molecule has 1 aliphatic heterocycles. The molecule has 0 radical (unpaired) electrons. The summed E-state index contributed by atoms with van der Waals surface area (Å²) in [6.07, 6.45) is 6.47. The molecule has 0 aromatic heterocycles. The molecule has 1 aliphatic rings. The van der Waals surface area contributed by atoms with Gasteiger partial charge in [-0.1, -0.05) is 19.8 Å². The van der Waals surface area contributed by atoms with Crippen LogP contribution < -0.4 is 5.73 Å². The molecule has 1 fully saturated rings. The van der Waals surface area contributed by atoms with Gasteiger partial charge in [0.15, 0.2) is 0 Å². The van der Waals surface area contributed by atoms with E-state index in [0.717, 1.165) is 13.0 Å². The minimum atomic E-state index is 0.0338. The van der Waals surface area contributed by atoms with Crippen LogP contribution >= 0.6 is 0 Å². The SMILES string of the molecule is CCCC(C)(N)CN1CCCCC1. The molecule has 0 saturated carbocycles. The van der Waals surface area contributed by atoms with Gasteiger partial charge in [-0.15, -0.1) is 0 Å². The Hall–Kier alpha value is -0.0800. The van der Waals surface area contributed by atoms with Crippen LogP contribution in [0.5, 0.6) is 0 Å². The average molecular weight is 184 g/mol. The summed E-state index contributed by atoms with van der Waals surface area (Å²) in [6, 6.07) is 0. The van der Waals surface area contributed by atoms with E-state index in [1.54, 1.807) is 0 Å². The summed E-state index contributed by atoms with van der Waals surface area (Å²) in [7, 11) is 0. The lowest BCUT2D eigenvalue weighted by molar-refractivity contribution is 0.179. The van der Waals surface area contributed by atoms with E-state index in [1.165, 1.54) is 38.8 Å². The number of hydrogen-bond donors (Lipinski definition) is 1. The lowest BCUT2D eigenvalue weighted by Crippen LogP contribution is -2.49.